The Bertz CT molecular complexity index is 281. The summed E-state index contributed by atoms with van der Waals surface area (Å²) in [5, 5.41) is 0. The lowest BCUT2D eigenvalue weighted by molar-refractivity contribution is -0.105. The molecule has 0 spiro atoms. The zero-order valence-electron chi connectivity index (χ0n) is 7.61. The van der Waals surface area contributed by atoms with Crippen molar-refractivity contribution in [1.29, 1.82) is 0 Å². The highest BCUT2D eigenvalue weighted by atomic mass is 32.2. The van der Waals surface area contributed by atoms with Gasteiger partial charge < -0.3 is 0 Å². The molecule has 76 valence electrons. The molecule has 0 aromatic rings. The molecule has 0 atom stereocenters. The van der Waals surface area contributed by atoms with Crippen molar-refractivity contribution in [1.82, 2.24) is 5.48 Å². The van der Waals surface area contributed by atoms with Gasteiger partial charge in [-0.25, -0.2) is 5.48 Å². The predicted octanol–water partition coefficient (Wildman–Crippen LogP) is 0.206. The largest absolute Gasteiger partial charge is 0.296 e. The lowest BCUT2D eigenvalue weighted by Crippen LogP contribution is -2.23. The van der Waals surface area contributed by atoms with E-state index in [1.807, 2.05) is 5.48 Å². The van der Waals surface area contributed by atoms with Crippen LogP contribution in [0.5, 0.6) is 0 Å². The molecule has 0 aromatic carbocycles. The van der Waals surface area contributed by atoms with Gasteiger partial charge in [0.25, 0.3) is 10.1 Å². The van der Waals surface area contributed by atoms with Crippen LogP contribution in [0.15, 0.2) is 12.3 Å². The summed E-state index contributed by atoms with van der Waals surface area (Å²) in [6, 6.07) is 0. The van der Waals surface area contributed by atoms with Gasteiger partial charge in [-0.1, -0.05) is 20.4 Å². The number of hydrogen-bond donors (Lipinski definition) is 1. The van der Waals surface area contributed by atoms with Crippen LogP contribution in [0.2, 0.25) is 0 Å². The standard InChI is InChI=1S/C7H13NO4S/c1-6(2)5-13(10,11)12-8-7(3)4-9/h4,6,8H,3,5H2,1-2H3. The van der Waals surface area contributed by atoms with Crippen molar-refractivity contribution in [3.8, 4) is 0 Å². The van der Waals surface area contributed by atoms with Crippen molar-refractivity contribution in [3.05, 3.63) is 12.3 Å². The highest BCUT2D eigenvalue weighted by Gasteiger charge is 2.13. The molecule has 0 amide bonds. The Morgan fingerprint density at radius 1 is 1.62 bits per heavy atom. The third-order valence-corrected chi connectivity index (χ3v) is 2.39. The first kappa shape index (κ1) is 12.1. The van der Waals surface area contributed by atoms with Crippen LogP contribution >= 0.6 is 0 Å². The number of aldehydes is 1. The zero-order valence-corrected chi connectivity index (χ0v) is 8.43. The average molecular weight is 207 g/mol. The van der Waals surface area contributed by atoms with Gasteiger partial charge in [-0.05, 0) is 5.92 Å². The molecule has 1 N–H and O–H groups in total. The molecule has 0 aliphatic rings. The maximum Gasteiger partial charge on any atom is 0.288 e. The number of allylic oxidation sites excluding steroid dienone is 1. The minimum atomic E-state index is -3.62. The Labute approximate surface area is 77.9 Å². The van der Waals surface area contributed by atoms with E-state index >= 15 is 0 Å². The van der Waals surface area contributed by atoms with Crippen LogP contribution in [0.3, 0.4) is 0 Å². The van der Waals surface area contributed by atoms with Gasteiger partial charge >= 0.3 is 0 Å². The summed E-state index contributed by atoms with van der Waals surface area (Å²) in [6.45, 7) is 6.68. The van der Waals surface area contributed by atoms with Gasteiger partial charge in [0.15, 0.2) is 6.29 Å². The van der Waals surface area contributed by atoms with E-state index in [4.69, 9.17) is 0 Å². The fourth-order valence-corrected chi connectivity index (χ4v) is 1.70. The molecule has 0 saturated heterocycles. The molecule has 0 radical (unpaired) electrons. The molecule has 0 unspecified atom stereocenters. The molecular formula is C7H13NO4S. The van der Waals surface area contributed by atoms with Crippen molar-refractivity contribution in [2.24, 2.45) is 5.92 Å². The second-order valence-corrected chi connectivity index (χ2v) is 4.56. The molecule has 13 heavy (non-hydrogen) atoms. The van der Waals surface area contributed by atoms with Crippen molar-refractivity contribution >= 4 is 16.4 Å². The number of carbonyl (C=O) groups excluding carboxylic acids is 1. The van der Waals surface area contributed by atoms with E-state index in [0.29, 0.717) is 6.29 Å². The minimum Gasteiger partial charge on any atom is -0.296 e. The average Bonchev–Trinajstić information content (AvgIpc) is 1.98. The molecule has 0 aliphatic carbocycles. The lowest BCUT2D eigenvalue weighted by atomic mass is 10.3. The topological polar surface area (TPSA) is 72.5 Å². The molecule has 0 fully saturated rings. The summed E-state index contributed by atoms with van der Waals surface area (Å²) < 4.78 is 26.3. The third kappa shape index (κ3) is 6.30. The molecule has 0 rings (SSSR count). The second-order valence-electron chi connectivity index (χ2n) is 2.95. The molecule has 0 aliphatic heterocycles. The fraction of sp³-hybridized carbons (Fsp3) is 0.571. The highest BCUT2D eigenvalue weighted by Crippen LogP contribution is 2.00. The summed E-state index contributed by atoms with van der Waals surface area (Å²) >= 11 is 0. The van der Waals surface area contributed by atoms with Crippen LogP contribution < -0.4 is 5.48 Å². The van der Waals surface area contributed by atoms with Gasteiger partial charge in [0.2, 0.25) is 0 Å². The maximum atomic E-state index is 11.0. The summed E-state index contributed by atoms with van der Waals surface area (Å²) in [6.07, 6.45) is 0.366. The van der Waals surface area contributed by atoms with Crippen molar-refractivity contribution in [2.45, 2.75) is 13.8 Å². The molecule has 0 aromatic heterocycles. The third-order valence-electron chi connectivity index (χ3n) is 0.979. The first-order valence-corrected chi connectivity index (χ1v) is 5.26. The van der Waals surface area contributed by atoms with Crippen molar-refractivity contribution in [2.75, 3.05) is 5.75 Å². The summed E-state index contributed by atoms with van der Waals surface area (Å²) in [5.74, 6) is -0.136. The van der Waals surface area contributed by atoms with Gasteiger partial charge in [0.05, 0.1) is 11.4 Å². The van der Waals surface area contributed by atoms with Crippen LogP contribution in [0, 0.1) is 5.92 Å². The molecule has 5 nitrogen and oxygen atoms in total. The van der Waals surface area contributed by atoms with Crippen LogP contribution in [0.4, 0.5) is 0 Å². The Balaban J connectivity index is 4.04. The van der Waals surface area contributed by atoms with Gasteiger partial charge in [-0.15, -0.1) is 0 Å². The van der Waals surface area contributed by atoms with E-state index in [1.54, 1.807) is 13.8 Å². The van der Waals surface area contributed by atoms with Crippen LogP contribution in [-0.2, 0) is 19.2 Å². The van der Waals surface area contributed by atoms with E-state index in [9.17, 15) is 13.2 Å². The Morgan fingerprint density at radius 3 is 2.54 bits per heavy atom. The van der Waals surface area contributed by atoms with Crippen LogP contribution in [0.1, 0.15) is 13.8 Å². The Morgan fingerprint density at radius 2 is 2.15 bits per heavy atom. The van der Waals surface area contributed by atoms with E-state index in [1.165, 1.54) is 0 Å². The van der Waals surface area contributed by atoms with Crippen LogP contribution in [-0.4, -0.2) is 20.5 Å². The van der Waals surface area contributed by atoms with Crippen molar-refractivity contribution < 1.29 is 17.5 Å². The van der Waals surface area contributed by atoms with Gasteiger partial charge in [0.1, 0.15) is 0 Å². The summed E-state index contributed by atoms with van der Waals surface area (Å²) in [5.41, 5.74) is 1.80. The first-order chi connectivity index (χ1) is 5.87. The molecular weight excluding hydrogens is 194 g/mol. The van der Waals surface area contributed by atoms with Crippen molar-refractivity contribution in [3.63, 3.8) is 0 Å². The fourth-order valence-electron chi connectivity index (χ4n) is 0.583. The quantitative estimate of drug-likeness (QED) is 0.383. The van der Waals surface area contributed by atoms with E-state index < -0.39 is 10.1 Å². The predicted molar refractivity (Wildman–Crippen MR) is 48.0 cm³/mol. The molecule has 0 bridgehead atoms. The zero-order chi connectivity index (χ0) is 10.5. The molecule has 0 heterocycles. The lowest BCUT2D eigenvalue weighted by Gasteiger charge is -2.07. The van der Waals surface area contributed by atoms with Gasteiger partial charge in [0, 0.05) is 0 Å². The van der Waals surface area contributed by atoms with Gasteiger partial charge in [-0.2, -0.15) is 12.7 Å². The van der Waals surface area contributed by atoms with Gasteiger partial charge in [-0.3, -0.25) is 4.79 Å². The molecule has 0 saturated carbocycles. The SMILES string of the molecule is C=C(C=O)NOS(=O)(=O)CC(C)C. The van der Waals surface area contributed by atoms with E-state index in [2.05, 4.69) is 10.9 Å². The van der Waals surface area contributed by atoms with E-state index in [-0.39, 0.29) is 17.4 Å². The van der Waals surface area contributed by atoms with E-state index in [0.717, 1.165) is 0 Å². The summed E-state index contributed by atoms with van der Waals surface area (Å²) in [7, 11) is -3.62. The number of hydrogen-bond acceptors (Lipinski definition) is 5. The number of carbonyl (C=O) groups is 1. The first-order valence-electron chi connectivity index (χ1n) is 3.68. The second kappa shape index (κ2) is 4.98. The normalized spacial score (nSPS) is 11.3. The molecule has 6 heteroatoms. The number of hydroxylamine groups is 1. The highest BCUT2D eigenvalue weighted by molar-refractivity contribution is 7.86. The smallest absolute Gasteiger partial charge is 0.288 e. The Kier molecular flexibility index (Phi) is 4.64. The summed E-state index contributed by atoms with van der Waals surface area (Å²) in [4.78, 5) is 10.0. The maximum absolute atomic E-state index is 11.0. The Hall–Kier alpha value is -0.880. The number of nitrogens with one attached hydrogen (secondary N) is 1. The minimum absolute atomic E-state index is 0.0312. The van der Waals surface area contributed by atoms with Crippen LogP contribution in [0.25, 0.3) is 0 Å². The monoisotopic (exact) mass is 207 g/mol. The number of rotatable bonds is 6.